The molecule has 0 bridgehead atoms. The number of rotatable bonds is 6. The fourth-order valence-corrected chi connectivity index (χ4v) is 2.16. The lowest BCUT2D eigenvalue weighted by molar-refractivity contribution is 0.0944. The predicted molar refractivity (Wildman–Crippen MR) is 91.2 cm³/mol. The maximum absolute atomic E-state index is 12.1. The summed E-state index contributed by atoms with van der Waals surface area (Å²) in [6, 6.07) is 3.61. The third kappa shape index (κ3) is 3.90. The van der Waals surface area contributed by atoms with Gasteiger partial charge in [0.15, 0.2) is 5.82 Å². The Labute approximate surface area is 145 Å². The third-order valence-electron chi connectivity index (χ3n) is 3.53. The van der Waals surface area contributed by atoms with E-state index < -0.39 is 0 Å². The molecule has 1 N–H and O–H groups in total. The molecule has 1 amide bonds. The number of nitrogens with zero attached hydrogens (tertiary/aromatic N) is 5. The third-order valence-corrected chi connectivity index (χ3v) is 3.53. The predicted octanol–water partition coefficient (Wildman–Crippen LogP) is 2.27. The van der Waals surface area contributed by atoms with Crippen LogP contribution in [0.1, 0.15) is 37.1 Å². The van der Waals surface area contributed by atoms with Crippen LogP contribution in [0.25, 0.3) is 17.3 Å². The van der Waals surface area contributed by atoms with Crippen molar-refractivity contribution in [2.75, 3.05) is 6.54 Å². The van der Waals surface area contributed by atoms with Crippen LogP contribution in [-0.4, -0.2) is 37.1 Å². The van der Waals surface area contributed by atoms with Crippen LogP contribution < -0.4 is 5.32 Å². The maximum Gasteiger partial charge on any atom is 0.271 e. The van der Waals surface area contributed by atoms with Crippen molar-refractivity contribution in [2.45, 2.75) is 27.2 Å². The Morgan fingerprint density at radius 1 is 1.36 bits per heavy atom. The normalized spacial score (nSPS) is 11.0. The number of carbonyl (C=O) groups is 1. The van der Waals surface area contributed by atoms with Crippen LogP contribution in [0.3, 0.4) is 0 Å². The fourth-order valence-electron chi connectivity index (χ4n) is 2.16. The van der Waals surface area contributed by atoms with E-state index in [0.717, 1.165) is 5.56 Å². The van der Waals surface area contributed by atoms with Gasteiger partial charge in [0.05, 0.1) is 0 Å². The van der Waals surface area contributed by atoms with Crippen LogP contribution >= 0.6 is 0 Å². The van der Waals surface area contributed by atoms with Gasteiger partial charge in [-0.2, -0.15) is 4.98 Å². The number of pyridine rings is 1. The van der Waals surface area contributed by atoms with E-state index >= 15 is 0 Å². The maximum atomic E-state index is 12.1. The molecule has 3 heterocycles. The summed E-state index contributed by atoms with van der Waals surface area (Å²) >= 11 is 0. The molecule has 25 heavy (non-hydrogen) atoms. The highest BCUT2D eigenvalue weighted by atomic mass is 16.5. The minimum Gasteiger partial charge on any atom is -0.350 e. The minimum atomic E-state index is -0.201. The molecule has 0 saturated carbocycles. The van der Waals surface area contributed by atoms with Gasteiger partial charge in [0.1, 0.15) is 17.8 Å². The summed E-state index contributed by atoms with van der Waals surface area (Å²) < 4.78 is 6.94. The second kappa shape index (κ2) is 7.25. The van der Waals surface area contributed by atoms with Gasteiger partial charge >= 0.3 is 0 Å². The Kier molecular flexibility index (Phi) is 4.87. The first kappa shape index (κ1) is 16.8. The zero-order chi connectivity index (χ0) is 17.8. The van der Waals surface area contributed by atoms with Crippen LogP contribution in [-0.2, 0) is 6.42 Å². The first-order valence-electron chi connectivity index (χ1n) is 8.18. The van der Waals surface area contributed by atoms with E-state index in [0.29, 0.717) is 42.1 Å². The summed E-state index contributed by atoms with van der Waals surface area (Å²) in [7, 11) is 0. The Morgan fingerprint density at radius 2 is 2.20 bits per heavy atom. The van der Waals surface area contributed by atoms with Gasteiger partial charge in [-0.05, 0) is 18.1 Å². The molecule has 0 aliphatic rings. The summed E-state index contributed by atoms with van der Waals surface area (Å²) in [6.07, 6.45) is 5.56. The van der Waals surface area contributed by atoms with E-state index in [1.54, 1.807) is 29.4 Å². The van der Waals surface area contributed by atoms with Gasteiger partial charge < -0.3 is 9.84 Å². The fraction of sp³-hybridized carbons (Fsp3) is 0.353. The number of aromatic nitrogens is 5. The van der Waals surface area contributed by atoms with Crippen LogP contribution in [0.4, 0.5) is 0 Å². The van der Waals surface area contributed by atoms with Crippen molar-refractivity contribution in [2.24, 2.45) is 5.92 Å². The Hall–Kier alpha value is -3.03. The average Bonchev–Trinajstić information content (AvgIpc) is 3.29. The number of imidazole rings is 1. The molecule has 130 valence electrons. The Morgan fingerprint density at radius 3 is 2.92 bits per heavy atom. The largest absolute Gasteiger partial charge is 0.350 e. The monoisotopic (exact) mass is 340 g/mol. The number of nitrogens with one attached hydrogen (secondary N) is 1. The quantitative estimate of drug-likeness (QED) is 0.739. The molecule has 3 aromatic heterocycles. The summed E-state index contributed by atoms with van der Waals surface area (Å²) in [4.78, 5) is 24.9. The summed E-state index contributed by atoms with van der Waals surface area (Å²) in [6.45, 7) is 6.64. The average molecular weight is 340 g/mol. The van der Waals surface area contributed by atoms with E-state index in [1.165, 1.54) is 0 Å². The van der Waals surface area contributed by atoms with Crippen molar-refractivity contribution < 1.29 is 9.32 Å². The summed E-state index contributed by atoms with van der Waals surface area (Å²) in [5.41, 5.74) is 1.11. The molecule has 8 nitrogen and oxygen atoms in total. The van der Waals surface area contributed by atoms with E-state index in [9.17, 15) is 4.79 Å². The highest BCUT2D eigenvalue weighted by molar-refractivity contribution is 5.92. The highest BCUT2D eigenvalue weighted by Gasteiger charge is 2.13. The smallest absolute Gasteiger partial charge is 0.271 e. The standard InChI is InChI=1S/C17H20N6O2/c1-4-14-21-17(25-22-14)12-5-6-18-15(7-12)23-9-13(20-10-23)16(24)19-8-11(2)3/h5-7,9-11H,4,8H2,1-3H3,(H,19,24). The molecule has 3 aromatic rings. The lowest BCUT2D eigenvalue weighted by Gasteiger charge is -2.05. The lowest BCUT2D eigenvalue weighted by atomic mass is 10.2. The molecule has 0 aliphatic carbocycles. The van der Waals surface area contributed by atoms with Crippen molar-refractivity contribution in [3.63, 3.8) is 0 Å². The van der Waals surface area contributed by atoms with Gasteiger partial charge in [0.2, 0.25) is 0 Å². The van der Waals surface area contributed by atoms with Crippen molar-refractivity contribution in [3.8, 4) is 17.3 Å². The second-order valence-corrected chi connectivity index (χ2v) is 6.04. The molecular weight excluding hydrogens is 320 g/mol. The van der Waals surface area contributed by atoms with Crippen LogP contribution in [0, 0.1) is 5.92 Å². The van der Waals surface area contributed by atoms with Gasteiger partial charge in [-0.1, -0.05) is 25.9 Å². The summed E-state index contributed by atoms with van der Waals surface area (Å²) in [5, 5.41) is 6.74. The van der Waals surface area contributed by atoms with Crippen molar-refractivity contribution in [3.05, 3.63) is 42.4 Å². The molecule has 8 heteroatoms. The molecule has 0 spiro atoms. The first-order chi connectivity index (χ1) is 12.1. The number of hydrogen-bond acceptors (Lipinski definition) is 6. The highest BCUT2D eigenvalue weighted by Crippen LogP contribution is 2.19. The van der Waals surface area contributed by atoms with Gasteiger partial charge in [0, 0.05) is 30.9 Å². The number of hydrogen-bond donors (Lipinski definition) is 1. The van der Waals surface area contributed by atoms with E-state index in [-0.39, 0.29) is 5.91 Å². The number of carbonyl (C=O) groups excluding carboxylic acids is 1. The molecule has 0 aliphatic heterocycles. The Bertz CT molecular complexity index is 867. The number of aryl methyl sites for hydroxylation is 1. The van der Waals surface area contributed by atoms with Crippen molar-refractivity contribution >= 4 is 5.91 Å². The lowest BCUT2D eigenvalue weighted by Crippen LogP contribution is -2.27. The molecule has 0 unspecified atom stereocenters. The Balaban J connectivity index is 1.81. The zero-order valence-corrected chi connectivity index (χ0v) is 14.4. The molecule has 0 aromatic carbocycles. The van der Waals surface area contributed by atoms with Crippen LogP contribution in [0.5, 0.6) is 0 Å². The van der Waals surface area contributed by atoms with Crippen molar-refractivity contribution in [1.29, 1.82) is 0 Å². The topological polar surface area (TPSA) is 98.7 Å². The number of amides is 1. The van der Waals surface area contributed by atoms with Gasteiger partial charge in [-0.3, -0.25) is 9.36 Å². The molecule has 0 radical (unpaired) electrons. The molecule has 0 saturated heterocycles. The van der Waals surface area contributed by atoms with Crippen molar-refractivity contribution in [1.82, 2.24) is 30.0 Å². The van der Waals surface area contributed by atoms with Gasteiger partial charge in [-0.25, -0.2) is 9.97 Å². The molecule has 3 rings (SSSR count). The molecular formula is C17H20N6O2. The SMILES string of the molecule is CCc1noc(-c2ccnc(-n3cnc(C(=O)NCC(C)C)c3)c2)n1. The summed E-state index contributed by atoms with van der Waals surface area (Å²) in [5.74, 6) is 1.89. The van der Waals surface area contributed by atoms with E-state index in [2.05, 4.69) is 25.4 Å². The van der Waals surface area contributed by atoms with Gasteiger partial charge in [-0.15, -0.1) is 0 Å². The molecule has 0 atom stereocenters. The zero-order valence-electron chi connectivity index (χ0n) is 14.4. The van der Waals surface area contributed by atoms with Crippen LogP contribution in [0.15, 0.2) is 35.4 Å². The van der Waals surface area contributed by atoms with Gasteiger partial charge in [0.25, 0.3) is 11.8 Å². The van der Waals surface area contributed by atoms with E-state index in [1.807, 2.05) is 26.8 Å². The first-order valence-corrected chi connectivity index (χ1v) is 8.18. The minimum absolute atomic E-state index is 0.201. The second-order valence-electron chi connectivity index (χ2n) is 6.04. The van der Waals surface area contributed by atoms with E-state index in [4.69, 9.17) is 4.52 Å². The molecule has 0 fully saturated rings. The van der Waals surface area contributed by atoms with Crippen LogP contribution in [0.2, 0.25) is 0 Å².